The summed E-state index contributed by atoms with van der Waals surface area (Å²) in [5, 5.41) is 6.50. The Kier molecular flexibility index (Phi) is 4.64. The minimum absolute atomic E-state index is 0.0131. The molecule has 0 saturated heterocycles. The highest BCUT2D eigenvalue weighted by atomic mass is 32.1. The van der Waals surface area contributed by atoms with Crippen molar-refractivity contribution in [2.24, 2.45) is 0 Å². The minimum Gasteiger partial charge on any atom is -0.497 e. The van der Waals surface area contributed by atoms with E-state index in [-0.39, 0.29) is 17.8 Å². The summed E-state index contributed by atoms with van der Waals surface area (Å²) in [5.41, 5.74) is 7.22. The fourth-order valence-corrected chi connectivity index (χ4v) is 2.72. The zero-order valence-electron chi connectivity index (χ0n) is 12.1. The molecule has 4 N–H and O–H groups in total. The molecule has 6 nitrogen and oxygen atoms in total. The highest BCUT2D eigenvalue weighted by Gasteiger charge is 2.19. The Morgan fingerprint density at radius 3 is 2.62 bits per heavy atom. The zero-order valence-corrected chi connectivity index (χ0v) is 13.0. The number of nitrogen functional groups attached to an aromatic ring is 1. The highest BCUT2D eigenvalue weighted by Crippen LogP contribution is 2.30. The van der Waals surface area contributed by atoms with E-state index in [0.717, 1.165) is 11.3 Å². The molecule has 1 unspecified atom stereocenters. The molecule has 0 fully saturated rings. The SMILES string of the molecule is CNC(=O)c1c(N)nsc1NC(C)c1ccc(OC)cc1. The number of benzene rings is 1. The number of hydrogen-bond acceptors (Lipinski definition) is 6. The Balaban J connectivity index is 2.19. The molecule has 2 aromatic rings. The van der Waals surface area contributed by atoms with Gasteiger partial charge in [0.05, 0.1) is 7.11 Å². The van der Waals surface area contributed by atoms with E-state index in [2.05, 4.69) is 15.0 Å². The first-order valence-electron chi connectivity index (χ1n) is 6.44. The van der Waals surface area contributed by atoms with Gasteiger partial charge in [0.15, 0.2) is 5.82 Å². The summed E-state index contributed by atoms with van der Waals surface area (Å²) in [6, 6.07) is 7.75. The maximum atomic E-state index is 11.8. The van der Waals surface area contributed by atoms with Gasteiger partial charge in [0.25, 0.3) is 5.91 Å². The number of carbonyl (C=O) groups excluding carboxylic acids is 1. The van der Waals surface area contributed by atoms with Gasteiger partial charge in [-0.3, -0.25) is 4.79 Å². The van der Waals surface area contributed by atoms with Crippen molar-refractivity contribution in [3.8, 4) is 5.75 Å². The van der Waals surface area contributed by atoms with E-state index in [1.54, 1.807) is 14.2 Å². The molecule has 0 aliphatic rings. The molecular weight excluding hydrogens is 288 g/mol. The van der Waals surface area contributed by atoms with E-state index < -0.39 is 0 Å². The first-order chi connectivity index (χ1) is 10.1. The van der Waals surface area contributed by atoms with Crippen molar-refractivity contribution in [2.75, 3.05) is 25.2 Å². The van der Waals surface area contributed by atoms with E-state index in [0.29, 0.717) is 10.6 Å². The van der Waals surface area contributed by atoms with Crippen molar-refractivity contribution < 1.29 is 9.53 Å². The van der Waals surface area contributed by atoms with Crippen LogP contribution in [0, 0.1) is 0 Å². The van der Waals surface area contributed by atoms with Crippen LogP contribution < -0.4 is 21.1 Å². The second kappa shape index (κ2) is 6.45. The third kappa shape index (κ3) is 3.25. The number of carbonyl (C=O) groups is 1. The summed E-state index contributed by atoms with van der Waals surface area (Å²) in [6.07, 6.45) is 0. The number of nitrogens with one attached hydrogen (secondary N) is 2. The lowest BCUT2D eigenvalue weighted by atomic mass is 10.1. The van der Waals surface area contributed by atoms with Crippen LogP contribution in [0.15, 0.2) is 24.3 Å². The largest absolute Gasteiger partial charge is 0.497 e. The molecule has 2 rings (SSSR count). The van der Waals surface area contributed by atoms with Crippen molar-refractivity contribution in [1.29, 1.82) is 0 Å². The summed E-state index contributed by atoms with van der Waals surface area (Å²) < 4.78 is 9.17. The summed E-state index contributed by atoms with van der Waals surface area (Å²) in [4.78, 5) is 11.8. The van der Waals surface area contributed by atoms with Crippen molar-refractivity contribution in [2.45, 2.75) is 13.0 Å². The summed E-state index contributed by atoms with van der Waals surface area (Å²) in [6.45, 7) is 2.01. The fourth-order valence-electron chi connectivity index (χ4n) is 1.92. The number of hydrogen-bond donors (Lipinski definition) is 3. The van der Waals surface area contributed by atoms with Gasteiger partial charge in [-0.1, -0.05) is 12.1 Å². The fraction of sp³-hybridized carbons (Fsp3) is 0.286. The summed E-state index contributed by atoms with van der Waals surface area (Å²) in [5.74, 6) is 0.800. The molecule has 112 valence electrons. The molecule has 0 radical (unpaired) electrons. The van der Waals surface area contributed by atoms with Gasteiger partial charge in [-0.05, 0) is 36.2 Å². The van der Waals surface area contributed by atoms with Crippen LogP contribution in [0.1, 0.15) is 28.9 Å². The lowest BCUT2D eigenvalue weighted by Crippen LogP contribution is -2.20. The smallest absolute Gasteiger partial charge is 0.257 e. The zero-order chi connectivity index (χ0) is 15.4. The Morgan fingerprint density at radius 2 is 2.05 bits per heavy atom. The van der Waals surface area contributed by atoms with E-state index in [1.165, 1.54) is 11.5 Å². The van der Waals surface area contributed by atoms with Crippen LogP contribution in [0.2, 0.25) is 0 Å². The molecule has 1 aromatic carbocycles. The molecule has 1 heterocycles. The maximum absolute atomic E-state index is 11.8. The van der Waals surface area contributed by atoms with Crippen LogP contribution in [0.5, 0.6) is 5.75 Å². The lowest BCUT2D eigenvalue weighted by Gasteiger charge is -2.15. The van der Waals surface area contributed by atoms with Gasteiger partial charge in [0.2, 0.25) is 0 Å². The van der Waals surface area contributed by atoms with Crippen LogP contribution >= 0.6 is 11.5 Å². The Morgan fingerprint density at radius 1 is 1.38 bits per heavy atom. The molecular formula is C14H18N4O2S. The Labute approximate surface area is 127 Å². The number of anilines is 2. The molecule has 0 aliphatic carbocycles. The Bertz CT molecular complexity index is 624. The van der Waals surface area contributed by atoms with Crippen LogP contribution in [-0.4, -0.2) is 24.4 Å². The quantitative estimate of drug-likeness (QED) is 0.788. The number of ether oxygens (including phenoxy) is 1. The van der Waals surface area contributed by atoms with Crippen LogP contribution in [0.25, 0.3) is 0 Å². The van der Waals surface area contributed by atoms with E-state index in [4.69, 9.17) is 10.5 Å². The van der Waals surface area contributed by atoms with Crippen molar-refractivity contribution in [3.63, 3.8) is 0 Å². The van der Waals surface area contributed by atoms with Crippen molar-refractivity contribution >= 4 is 28.3 Å². The summed E-state index contributed by atoms with van der Waals surface area (Å²) in [7, 11) is 3.20. The number of nitrogens with two attached hydrogens (primary N) is 1. The molecule has 0 spiro atoms. The number of amides is 1. The van der Waals surface area contributed by atoms with Gasteiger partial charge < -0.3 is 21.1 Å². The monoisotopic (exact) mass is 306 g/mol. The second-order valence-electron chi connectivity index (χ2n) is 4.49. The molecule has 1 atom stereocenters. The maximum Gasteiger partial charge on any atom is 0.257 e. The standard InChI is InChI=1S/C14H18N4O2S/c1-8(9-4-6-10(20-3)7-5-9)17-14-11(13(19)16-2)12(15)18-21-14/h4-8,17H,1-3H3,(H2,15,18)(H,16,19). The number of aromatic nitrogens is 1. The van der Waals surface area contributed by atoms with Gasteiger partial charge in [0.1, 0.15) is 16.3 Å². The molecule has 7 heteroatoms. The third-order valence-electron chi connectivity index (χ3n) is 3.14. The van der Waals surface area contributed by atoms with Crippen LogP contribution in [0.4, 0.5) is 10.8 Å². The van der Waals surface area contributed by atoms with Crippen LogP contribution in [-0.2, 0) is 0 Å². The second-order valence-corrected chi connectivity index (χ2v) is 5.26. The summed E-state index contributed by atoms with van der Waals surface area (Å²) >= 11 is 1.18. The third-order valence-corrected chi connectivity index (χ3v) is 3.93. The molecule has 0 saturated carbocycles. The normalized spacial score (nSPS) is 11.8. The molecule has 0 bridgehead atoms. The Hall–Kier alpha value is -2.28. The average molecular weight is 306 g/mol. The predicted octanol–water partition coefficient (Wildman–Crippen LogP) is 2.27. The van der Waals surface area contributed by atoms with Gasteiger partial charge in [-0.25, -0.2) is 0 Å². The molecule has 0 aliphatic heterocycles. The molecule has 1 aromatic heterocycles. The number of methoxy groups -OCH3 is 1. The predicted molar refractivity (Wildman–Crippen MR) is 84.9 cm³/mol. The van der Waals surface area contributed by atoms with Gasteiger partial charge in [-0.2, -0.15) is 4.37 Å². The van der Waals surface area contributed by atoms with Gasteiger partial charge in [0, 0.05) is 13.1 Å². The van der Waals surface area contributed by atoms with E-state index in [1.807, 2.05) is 31.2 Å². The van der Waals surface area contributed by atoms with E-state index >= 15 is 0 Å². The number of rotatable bonds is 5. The van der Waals surface area contributed by atoms with Crippen LogP contribution in [0.3, 0.4) is 0 Å². The van der Waals surface area contributed by atoms with Gasteiger partial charge >= 0.3 is 0 Å². The van der Waals surface area contributed by atoms with Crippen molar-refractivity contribution in [3.05, 3.63) is 35.4 Å². The lowest BCUT2D eigenvalue weighted by molar-refractivity contribution is 0.0965. The minimum atomic E-state index is -0.245. The topological polar surface area (TPSA) is 89.3 Å². The average Bonchev–Trinajstić information content (AvgIpc) is 2.87. The number of nitrogens with zero attached hydrogens (tertiary/aromatic N) is 1. The first-order valence-corrected chi connectivity index (χ1v) is 7.21. The van der Waals surface area contributed by atoms with Gasteiger partial charge in [-0.15, -0.1) is 0 Å². The van der Waals surface area contributed by atoms with E-state index in [9.17, 15) is 4.79 Å². The molecule has 1 amide bonds. The van der Waals surface area contributed by atoms with Crippen molar-refractivity contribution in [1.82, 2.24) is 9.69 Å². The first kappa shape index (κ1) is 15.1. The highest BCUT2D eigenvalue weighted by molar-refractivity contribution is 7.11. The molecule has 21 heavy (non-hydrogen) atoms.